The molecule has 0 N–H and O–H groups in total. The van der Waals surface area contributed by atoms with Crippen LogP contribution in [0.15, 0.2) is 30.9 Å². The largest absolute Gasteiger partial charge is 0.371 e. The molecule has 1 spiro atoms. The van der Waals surface area contributed by atoms with Crippen LogP contribution in [0, 0.1) is 0 Å². The Bertz CT molecular complexity index is 705. The Kier molecular flexibility index (Phi) is 4.43. The van der Waals surface area contributed by atoms with E-state index in [0.29, 0.717) is 6.04 Å². The molecular weight excluding hydrogens is 316 g/mol. The third-order valence-corrected chi connectivity index (χ3v) is 5.39. The van der Waals surface area contributed by atoms with Crippen LogP contribution < -0.4 is 4.90 Å². The minimum Gasteiger partial charge on any atom is -0.371 e. The zero-order valence-corrected chi connectivity index (χ0v) is 15.0. The van der Waals surface area contributed by atoms with Gasteiger partial charge in [-0.2, -0.15) is 5.10 Å². The number of nitrogens with zero attached hydrogens (tertiary/aromatic N) is 6. The van der Waals surface area contributed by atoms with E-state index in [1.807, 2.05) is 24.0 Å². The van der Waals surface area contributed by atoms with Crippen molar-refractivity contribution in [1.82, 2.24) is 24.6 Å². The Hall–Kier alpha value is -1.99. The maximum absolute atomic E-state index is 6.35. The van der Waals surface area contributed by atoms with Gasteiger partial charge in [0, 0.05) is 57.8 Å². The average Bonchev–Trinajstić information content (AvgIpc) is 3.22. The van der Waals surface area contributed by atoms with E-state index in [1.54, 1.807) is 12.4 Å². The number of rotatable bonds is 4. The molecule has 4 heterocycles. The molecule has 2 aromatic rings. The minimum absolute atomic E-state index is 0.0336. The molecule has 25 heavy (non-hydrogen) atoms. The second-order valence-corrected chi connectivity index (χ2v) is 7.35. The van der Waals surface area contributed by atoms with E-state index in [1.165, 1.54) is 12.0 Å². The van der Waals surface area contributed by atoms with E-state index in [9.17, 15) is 0 Å². The highest BCUT2D eigenvalue weighted by Crippen LogP contribution is 2.37. The second-order valence-electron chi connectivity index (χ2n) is 7.35. The van der Waals surface area contributed by atoms with Gasteiger partial charge in [0.15, 0.2) is 0 Å². The molecule has 2 aromatic heterocycles. The molecule has 0 amide bonds. The maximum atomic E-state index is 6.35. The van der Waals surface area contributed by atoms with Crippen LogP contribution in [-0.4, -0.2) is 63.0 Å². The number of likely N-dealkylation sites (tertiary alicyclic amines) is 1. The van der Waals surface area contributed by atoms with Crippen LogP contribution in [0.2, 0.25) is 0 Å². The number of piperidine rings is 1. The molecular formula is C18H26N6O. The number of hydrogen-bond donors (Lipinski definition) is 0. The summed E-state index contributed by atoms with van der Waals surface area (Å²) in [5.74, 6) is 0.774. The van der Waals surface area contributed by atoms with E-state index in [-0.39, 0.29) is 5.60 Å². The summed E-state index contributed by atoms with van der Waals surface area (Å²) < 4.78 is 8.22. The smallest absolute Gasteiger partial charge is 0.225 e. The molecule has 7 nitrogen and oxygen atoms in total. The fourth-order valence-corrected chi connectivity index (χ4v) is 4.13. The normalized spacial score (nSPS) is 27.0. The average molecular weight is 342 g/mol. The van der Waals surface area contributed by atoms with E-state index < -0.39 is 0 Å². The molecule has 0 aromatic carbocycles. The molecule has 7 heteroatoms. The molecule has 0 saturated carbocycles. The summed E-state index contributed by atoms with van der Waals surface area (Å²) in [4.78, 5) is 13.4. The fraction of sp³-hybridized carbons (Fsp3) is 0.611. The molecule has 0 bridgehead atoms. The maximum Gasteiger partial charge on any atom is 0.225 e. The molecule has 0 unspecified atom stereocenters. The first-order valence-electron chi connectivity index (χ1n) is 8.97. The third-order valence-electron chi connectivity index (χ3n) is 5.39. The Balaban J connectivity index is 1.40. The van der Waals surface area contributed by atoms with E-state index in [0.717, 1.165) is 45.0 Å². The van der Waals surface area contributed by atoms with Gasteiger partial charge in [0.2, 0.25) is 5.95 Å². The van der Waals surface area contributed by atoms with Crippen LogP contribution in [-0.2, 0) is 18.3 Å². The Morgan fingerprint density at radius 2 is 2.20 bits per heavy atom. The molecule has 2 aliphatic heterocycles. The van der Waals surface area contributed by atoms with Crippen molar-refractivity contribution in [1.29, 1.82) is 0 Å². The van der Waals surface area contributed by atoms with Crippen LogP contribution in [0.3, 0.4) is 0 Å². The summed E-state index contributed by atoms with van der Waals surface area (Å²) in [6.45, 7) is 3.81. The van der Waals surface area contributed by atoms with Crippen molar-refractivity contribution in [2.45, 2.75) is 37.5 Å². The molecule has 2 saturated heterocycles. The van der Waals surface area contributed by atoms with Crippen LogP contribution in [0.1, 0.15) is 24.8 Å². The van der Waals surface area contributed by atoms with E-state index >= 15 is 0 Å². The van der Waals surface area contributed by atoms with Crippen molar-refractivity contribution in [2.24, 2.45) is 7.05 Å². The van der Waals surface area contributed by atoms with Crippen LogP contribution in [0.4, 0.5) is 5.95 Å². The van der Waals surface area contributed by atoms with Gasteiger partial charge in [-0.1, -0.05) is 0 Å². The number of hydrogen-bond acceptors (Lipinski definition) is 6. The van der Waals surface area contributed by atoms with Crippen molar-refractivity contribution in [3.05, 3.63) is 36.4 Å². The Morgan fingerprint density at radius 1 is 1.36 bits per heavy atom. The van der Waals surface area contributed by atoms with Gasteiger partial charge in [-0.25, -0.2) is 9.97 Å². The molecule has 2 fully saturated rings. The van der Waals surface area contributed by atoms with Crippen LogP contribution in [0.25, 0.3) is 0 Å². The van der Waals surface area contributed by atoms with Crippen LogP contribution >= 0.6 is 0 Å². The molecule has 0 radical (unpaired) electrons. The molecule has 2 aliphatic rings. The van der Waals surface area contributed by atoms with Gasteiger partial charge in [0.05, 0.1) is 24.4 Å². The Morgan fingerprint density at radius 3 is 2.96 bits per heavy atom. The number of aromatic nitrogens is 4. The quantitative estimate of drug-likeness (QED) is 0.839. The van der Waals surface area contributed by atoms with Gasteiger partial charge in [0.1, 0.15) is 0 Å². The predicted molar refractivity (Wildman–Crippen MR) is 95.2 cm³/mol. The highest BCUT2D eigenvalue weighted by Gasteiger charge is 2.44. The second kappa shape index (κ2) is 6.72. The van der Waals surface area contributed by atoms with E-state index in [4.69, 9.17) is 4.74 Å². The number of likely N-dealkylation sites (N-methyl/N-ethyl adjacent to an activating group) is 1. The first-order valence-corrected chi connectivity index (χ1v) is 8.97. The summed E-state index contributed by atoms with van der Waals surface area (Å²) in [6.07, 6.45) is 11.0. The van der Waals surface area contributed by atoms with Crippen molar-refractivity contribution in [3.63, 3.8) is 0 Å². The van der Waals surface area contributed by atoms with E-state index in [2.05, 4.69) is 38.1 Å². The standard InChI is InChI=1S/C18H26N6O/c1-22-11-15(10-21-22)12-24-8-3-5-18(14-24)9-16(13-25-18)23(2)17-19-6-4-7-20-17/h4,6-7,10-11,16H,3,5,8-9,12-14H2,1-2H3/t16-,18-/m0/s1. The van der Waals surface area contributed by atoms with Crippen LogP contribution in [0.5, 0.6) is 0 Å². The van der Waals surface area contributed by atoms with Gasteiger partial charge in [-0.3, -0.25) is 9.58 Å². The van der Waals surface area contributed by atoms with Gasteiger partial charge >= 0.3 is 0 Å². The van der Waals surface area contributed by atoms with Crippen molar-refractivity contribution in [3.8, 4) is 0 Å². The van der Waals surface area contributed by atoms with Gasteiger partial charge < -0.3 is 9.64 Å². The summed E-state index contributed by atoms with van der Waals surface area (Å²) in [5, 5.41) is 4.28. The summed E-state index contributed by atoms with van der Waals surface area (Å²) in [6, 6.07) is 2.18. The first kappa shape index (κ1) is 16.5. The molecule has 134 valence electrons. The highest BCUT2D eigenvalue weighted by molar-refractivity contribution is 5.30. The predicted octanol–water partition coefficient (Wildman–Crippen LogP) is 1.47. The first-order chi connectivity index (χ1) is 12.1. The highest BCUT2D eigenvalue weighted by atomic mass is 16.5. The zero-order chi connectivity index (χ0) is 17.3. The number of aryl methyl sites for hydroxylation is 1. The zero-order valence-electron chi connectivity index (χ0n) is 15.0. The molecule has 2 atom stereocenters. The van der Waals surface area contributed by atoms with Crippen molar-refractivity contribution < 1.29 is 4.74 Å². The summed E-state index contributed by atoms with van der Waals surface area (Å²) >= 11 is 0. The lowest BCUT2D eigenvalue weighted by Gasteiger charge is -2.39. The number of anilines is 1. The van der Waals surface area contributed by atoms with Gasteiger partial charge in [-0.05, 0) is 25.5 Å². The van der Waals surface area contributed by atoms with Crippen molar-refractivity contribution in [2.75, 3.05) is 31.6 Å². The lowest BCUT2D eigenvalue weighted by atomic mass is 9.88. The molecule has 4 rings (SSSR count). The topological polar surface area (TPSA) is 59.3 Å². The van der Waals surface area contributed by atoms with Gasteiger partial charge in [-0.15, -0.1) is 0 Å². The monoisotopic (exact) mass is 342 g/mol. The lowest BCUT2D eigenvalue weighted by molar-refractivity contribution is -0.0533. The number of ether oxygens (including phenoxy) is 1. The lowest BCUT2D eigenvalue weighted by Crippen LogP contribution is -2.48. The summed E-state index contributed by atoms with van der Waals surface area (Å²) in [5.41, 5.74) is 1.23. The minimum atomic E-state index is -0.0336. The fourth-order valence-electron chi connectivity index (χ4n) is 4.13. The Labute approximate surface area is 148 Å². The third kappa shape index (κ3) is 3.52. The summed E-state index contributed by atoms with van der Waals surface area (Å²) in [7, 11) is 4.03. The SMILES string of the molecule is CN(c1ncccn1)[C@@H]1CO[C@@]2(CCCN(Cc3cnn(C)c3)C2)C1. The van der Waals surface area contributed by atoms with Crippen molar-refractivity contribution >= 4 is 5.95 Å². The van der Waals surface area contributed by atoms with Gasteiger partial charge in [0.25, 0.3) is 0 Å². The molecule has 0 aliphatic carbocycles.